The zero-order valence-corrected chi connectivity index (χ0v) is 11.1. The third-order valence-electron chi connectivity index (χ3n) is 3.14. The monoisotopic (exact) mass is 239 g/mol. The van der Waals surface area contributed by atoms with Gasteiger partial charge >= 0.3 is 0 Å². The summed E-state index contributed by atoms with van der Waals surface area (Å²) >= 11 is 0. The van der Waals surface area contributed by atoms with Crippen LogP contribution < -0.4 is 10.1 Å². The summed E-state index contributed by atoms with van der Waals surface area (Å²) < 4.78 is 18.6. The van der Waals surface area contributed by atoms with Crippen LogP contribution in [0.1, 0.15) is 32.8 Å². The third-order valence-corrected chi connectivity index (χ3v) is 3.14. The Morgan fingerprint density at radius 3 is 2.59 bits per heavy atom. The van der Waals surface area contributed by atoms with Gasteiger partial charge in [0, 0.05) is 24.7 Å². The quantitative estimate of drug-likeness (QED) is 0.822. The van der Waals surface area contributed by atoms with Crippen molar-refractivity contribution in [3.05, 3.63) is 29.6 Å². The van der Waals surface area contributed by atoms with Crippen molar-refractivity contribution in [1.82, 2.24) is 5.32 Å². The second-order valence-electron chi connectivity index (χ2n) is 5.08. The minimum absolute atomic E-state index is 0.217. The van der Waals surface area contributed by atoms with Gasteiger partial charge in [0.25, 0.3) is 0 Å². The molecule has 96 valence electrons. The summed E-state index contributed by atoms with van der Waals surface area (Å²) in [6.45, 7) is 8.00. The summed E-state index contributed by atoms with van der Waals surface area (Å²) in [7, 11) is 1.54. The fourth-order valence-electron chi connectivity index (χ4n) is 1.46. The summed E-state index contributed by atoms with van der Waals surface area (Å²) in [5, 5.41) is 3.29. The molecule has 0 radical (unpaired) electrons. The van der Waals surface area contributed by atoms with Crippen molar-refractivity contribution >= 4 is 0 Å². The van der Waals surface area contributed by atoms with E-state index in [4.69, 9.17) is 4.74 Å². The zero-order valence-electron chi connectivity index (χ0n) is 11.1. The molecule has 1 aromatic rings. The summed E-state index contributed by atoms with van der Waals surface area (Å²) in [5.41, 5.74) is 0.931. The fraction of sp³-hybridized carbons (Fsp3) is 0.571. The molecule has 0 saturated carbocycles. The van der Waals surface area contributed by atoms with Gasteiger partial charge < -0.3 is 10.1 Å². The maximum atomic E-state index is 13.6. The van der Waals surface area contributed by atoms with Gasteiger partial charge in [0.2, 0.25) is 0 Å². The summed E-state index contributed by atoms with van der Waals surface area (Å²) in [4.78, 5) is 0. The standard InChI is InChI=1S/C14H22FNO/c1-5-14(2,3)10-16-9-11-6-7-12(17-4)8-13(11)15/h6-8,16H,5,9-10H2,1-4H3. The smallest absolute Gasteiger partial charge is 0.131 e. The highest BCUT2D eigenvalue weighted by atomic mass is 19.1. The molecule has 0 bridgehead atoms. The lowest BCUT2D eigenvalue weighted by Crippen LogP contribution is -2.28. The maximum Gasteiger partial charge on any atom is 0.131 e. The van der Waals surface area contributed by atoms with E-state index in [-0.39, 0.29) is 11.2 Å². The van der Waals surface area contributed by atoms with E-state index in [1.165, 1.54) is 13.2 Å². The number of rotatable bonds is 6. The lowest BCUT2D eigenvalue weighted by atomic mass is 9.90. The molecular formula is C14H22FNO. The Labute approximate surface area is 103 Å². The molecule has 1 aromatic carbocycles. The van der Waals surface area contributed by atoms with Crippen LogP contribution in [0.2, 0.25) is 0 Å². The summed E-state index contributed by atoms with van der Waals surface area (Å²) in [6, 6.07) is 4.97. The van der Waals surface area contributed by atoms with Gasteiger partial charge in [0.05, 0.1) is 7.11 Å². The number of nitrogens with one attached hydrogen (secondary N) is 1. The van der Waals surface area contributed by atoms with E-state index in [0.29, 0.717) is 17.9 Å². The minimum Gasteiger partial charge on any atom is -0.497 e. The van der Waals surface area contributed by atoms with Crippen LogP contribution in [0.3, 0.4) is 0 Å². The molecule has 0 amide bonds. The molecular weight excluding hydrogens is 217 g/mol. The normalized spacial score (nSPS) is 11.6. The van der Waals surface area contributed by atoms with Gasteiger partial charge in [-0.25, -0.2) is 4.39 Å². The molecule has 2 nitrogen and oxygen atoms in total. The molecule has 0 atom stereocenters. The first-order valence-electron chi connectivity index (χ1n) is 6.01. The topological polar surface area (TPSA) is 21.3 Å². The van der Waals surface area contributed by atoms with Gasteiger partial charge in [-0.3, -0.25) is 0 Å². The van der Waals surface area contributed by atoms with Crippen LogP contribution in [0.5, 0.6) is 5.75 Å². The number of methoxy groups -OCH3 is 1. The zero-order chi connectivity index (χ0) is 12.9. The molecule has 0 saturated heterocycles. The predicted molar refractivity (Wildman–Crippen MR) is 68.7 cm³/mol. The predicted octanol–water partition coefficient (Wildman–Crippen LogP) is 3.36. The van der Waals surface area contributed by atoms with Crippen LogP contribution >= 0.6 is 0 Å². The van der Waals surface area contributed by atoms with Crippen LogP contribution in [0.4, 0.5) is 4.39 Å². The molecule has 0 aliphatic rings. The average molecular weight is 239 g/mol. The van der Waals surface area contributed by atoms with Gasteiger partial charge in [0.1, 0.15) is 11.6 Å². The van der Waals surface area contributed by atoms with Crippen LogP contribution in [0, 0.1) is 11.2 Å². The van der Waals surface area contributed by atoms with Gasteiger partial charge in [0.15, 0.2) is 0 Å². The minimum atomic E-state index is -0.217. The van der Waals surface area contributed by atoms with E-state index in [9.17, 15) is 4.39 Å². The summed E-state index contributed by atoms with van der Waals surface area (Å²) in [5.74, 6) is 0.339. The Bertz CT molecular complexity index is 363. The number of benzene rings is 1. The molecule has 0 unspecified atom stereocenters. The molecule has 0 fully saturated rings. The molecule has 0 spiro atoms. The van der Waals surface area contributed by atoms with Crippen molar-refractivity contribution in [3.8, 4) is 5.75 Å². The number of ether oxygens (including phenoxy) is 1. The average Bonchev–Trinajstić information content (AvgIpc) is 2.31. The first kappa shape index (κ1) is 14.0. The second kappa shape index (κ2) is 6.01. The van der Waals surface area contributed by atoms with E-state index in [1.54, 1.807) is 12.1 Å². The highest BCUT2D eigenvalue weighted by molar-refractivity contribution is 5.28. The van der Waals surface area contributed by atoms with E-state index in [0.717, 1.165) is 13.0 Å². The first-order valence-corrected chi connectivity index (χ1v) is 6.01. The van der Waals surface area contributed by atoms with E-state index in [1.807, 2.05) is 0 Å². The molecule has 17 heavy (non-hydrogen) atoms. The molecule has 0 aliphatic heterocycles. The number of hydrogen-bond acceptors (Lipinski definition) is 2. The largest absolute Gasteiger partial charge is 0.497 e. The highest BCUT2D eigenvalue weighted by Gasteiger charge is 2.14. The van der Waals surface area contributed by atoms with Crippen molar-refractivity contribution in [2.24, 2.45) is 5.41 Å². The van der Waals surface area contributed by atoms with Crippen molar-refractivity contribution in [3.63, 3.8) is 0 Å². The Hall–Kier alpha value is -1.09. The van der Waals surface area contributed by atoms with Gasteiger partial charge in [-0.2, -0.15) is 0 Å². The lowest BCUT2D eigenvalue weighted by molar-refractivity contribution is 0.326. The van der Waals surface area contributed by atoms with Crippen LogP contribution in [-0.2, 0) is 6.54 Å². The van der Waals surface area contributed by atoms with Crippen LogP contribution in [0.25, 0.3) is 0 Å². The Kier molecular flexibility index (Phi) is 4.94. The Morgan fingerprint density at radius 1 is 1.35 bits per heavy atom. The fourth-order valence-corrected chi connectivity index (χ4v) is 1.46. The van der Waals surface area contributed by atoms with Crippen molar-refractivity contribution in [1.29, 1.82) is 0 Å². The molecule has 0 aromatic heterocycles. The second-order valence-corrected chi connectivity index (χ2v) is 5.08. The van der Waals surface area contributed by atoms with E-state index < -0.39 is 0 Å². The Balaban J connectivity index is 2.52. The molecule has 0 aliphatic carbocycles. The maximum absolute atomic E-state index is 13.6. The first-order chi connectivity index (χ1) is 7.98. The third kappa shape index (κ3) is 4.35. The van der Waals surface area contributed by atoms with Crippen molar-refractivity contribution in [2.75, 3.05) is 13.7 Å². The van der Waals surface area contributed by atoms with Crippen molar-refractivity contribution < 1.29 is 9.13 Å². The number of hydrogen-bond donors (Lipinski definition) is 1. The van der Waals surface area contributed by atoms with E-state index >= 15 is 0 Å². The highest BCUT2D eigenvalue weighted by Crippen LogP contribution is 2.19. The van der Waals surface area contributed by atoms with Crippen LogP contribution in [-0.4, -0.2) is 13.7 Å². The molecule has 0 heterocycles. The van der Waals surface area contributed by atoms with E-state index in [2.05, 4.69) is 26.1 Å². The SMILES string of the molecule is CCC(C)(C)CNCc1ccc(OC)cc1F. The Morgan fingerprint density at radius 2 is 2.06 bits per heavy atom. The number of halogens is 1. The molecule has 1 N–H and O–H groups in total. The van der Waals surface area contributed by atoms with Crippen LogP contribution in [0.15, 0.2) is 18.2 Å². The van der Waals surface area contributed by atoms with Gasteiger partial charge in [-0.1, -0.05) is 26.8 Å². The van der Waals surface area contributed by atoms with Gasteiger partial charge in [-0.05, 0) is 17.9 Å². The van der Waals surface area contributed by atoms with Gasteiger partial charge in [-0.15, -0.1) is 0 Å². The summed E-state index contributed by atoms with van der Waals surface area (Å²) in [6.07, 6.45) is 1.10. The molecule has 3 heteroatoms. The molecule has 1 rings (SSSR count). The lowest BCUT2D eigenvalue weighted by Gasteiger charge is -2.23. The van der Waals surface area contributed by atoms with Crippen molar-refractivity contribution in [2.45, 2.75) is 33.7 Å².